The summed E-state index contributed by atoms with van der Waals surface area (Å²) in [6, 6.07) is 7.57. The lowest BCUT2D eigenvalue weighted by atomic mass is 9.49. The first kappa shape index (κ1) is 21.4. The van der Waals surface area contributed by atoms with Crippen molar-refractivity contribution in [3.05, 3.63) is 30.2 Å². The number of phenolic OH excluding ortho intramolecular Hbond substituents is 1. The Labute approximate surface area is 200 Å². The maximum atomic E-state index is 10.1. The third-order valence-electron chi connectivity index (χ3n) is 8.19. The van der Waals surface area contributed by atoms with Gasteiger partial charge in [-0.25, -0.2) is 0 Å². The smallest absolute Gasteiger partial charge is 0.277 e. The van der Waals surface area contributed by atoms with Crippen LogP contribution in [-0.4, -0.2) is 58.7 Å². The molecule has 33 heavy (non-hydrogen) atoms. The molecule has 0 amide bonds. The van der Waals surface area contributed by atoms with Crippen molar-refractivity contribution in [3.8, 4) is 17.6 Å². The number of aromatic nitrogens is 2. The largest absolute Gasteiger partial charge is 0.506 e. The molecule has 1 aromatic carbocycles. The summed E-state index contributed by atoms with van der Waals surface area (Å²) in [6.07, 6.45) is 8.03. The zero-order valence-corrected chi connectivity index (χ0v) is 19.9. The Balaban J connectivity index is 0.970. The quantitative estimate of drug-likeness (QED) is 0.526. The van der Waals surface area contributed by atoms with Crippen LogP contribution in [0.25, 0.3) is 0 Å². The van der Waals surface area contributed by atoms with Crippen LogP contribution in [0, 0.1) is 29.6 Å². The van der Waals surface area contributed by atoms with Crippen LogP contribution >= 0.6 is 11.8 Å². The van der Waals surface area contributed by atoms with Crippen LogP contribution in [0.3, 0.4) is 0 Å². The molecule has 1 aliphatic heterocycles. The van der Waals surface area contributed by atoms with Crippen molar-refractivity contribution in [2.24, 2.45) is 17.8 Å². The normalized spacial score (nSPS) is 30.9. The minimum absolute atomic E-state index is 0.172. The fraction of sp³-hybridized carbons (Fsp3) is 0.615. The number of para-hydroxylation sites is 2. The van der Waals surface area contributed by atoms with Gasteiger partial charge in [0.2, 0.25) is 5.89 Å². The number of piperazine rings is 1. The molecule has 0 atom stereocenters. The third-order valence-corrected chi connectivity index (χ3v) is 8.89. The fourth-order valence-electron chi connectivity index (χ4n) is 7.05. The summed E-state index contributed by atoms with van der Waals surface area (Å²) in [4.78, 5) is 4.61. The number of anilines is 1. The molecule has 7 heteroatoms. The molecule has 4 saturated carbocycles. The van der Waals surface area contributed by atoms with Gasteiger partial charge in [0.25, 0.3) is 5.22 Å². The topological polar surface area (TPSA) is 65.6 Å². The molecule has 0 spiro atoms. The summed E-state index contributed by atoms with van der Waals surface area (Å²) in [5.41, 5.74) is 1.09. The number of hydrogen-bond donors (Lipinski definition) is 1. The minimum Gasteiger partial charge on any atom is -0.506 e. The maximum Gasteiger partial charge on any atom is 0.277 e. The predicted octanol–water partition coefficient (Wildman–Crippen LogP) is 4.16. The second-order valence-corrected chi connectivity index (χ2v) is 11.4. The number of nitrogens with zero attached hydrogens (tertiary/aromatic N) is 4. The van der Waals surface area contributed by atoms with Crippen molar-refractivity contribution >= 4 is 17.4 Å². The van der Waals surface area contributed by atoms with Gasteiger partial charge in [-0.15, -0.1) is 10.2 Å². The number of thioether (sulfide) groups is 1. The summed E-state index contributed by atoms with van der Waals surface area (Å²) in [6.45, 7) is 4.49. The summed E-state index contributed by atoms with van der Waals surface area (Å²) in [5.74, 6) is 11.2. The second kappa shape index (κ2) is 8.88. The van der Waals surface area contributed by atoms with Gasteiger partial charge in [-0.1, -0.05) is 35.7 Å². The van der Waals surface area contributed by atoms with Crippen molar-refractivity contribution < 1.29 is 9.52 Å². The predicted molar refractivity (Wildman–Crippen MR) is 129 cm³/mol. The fourth-order valence-corrected chi connectivity index (χ4v) is 7.58. The van der Waals surface area contributed by atoms with Gasteiger partial charge in [0.1, 0.15) is 5.75 Å². The molecular formula is C26H32N4O2S. The summed E-state index contributed by atoms with van der Waals surface area (Å²) >= 11 is 1.56. The van der Waals surface area contributed by atoms with E-state index in [2.05, 4.69) is 31.8 Å². The van der Waals surface area contributed by atoms with Crippen molar-refractivity contribution in [2.45, 2.75) is 49.2 Å². The van der Waals surface area contributed by atoms with Crippen LogP contribution in [0.4, 0.5) is 5.69 Å². The van der Waals surface area contributed by atoms with E-state index in [9.17, 15) is 5.11 Å². The van der Waals surface area contributed by atoms with Gasteiger partial charge >= 0.3 is 0 Å². The lowest BCUT2D eigenvalue weighted by molar-refractivity contribution is -0.0191. The van der Waals surface area contributed by atoms with Gasteiger partial charge in [-0.3, -0.25) is 4.90 Å². The van der Waals surface area contributed by atoms with Crippen LogP contribution in [0.2, 0.25) is 0 Å². The zero-order valence-electron chi connectivity index (χ0n) is 19.1. The molecule has 7 rings (SSSR count). The molecule has 1 aromatic heterocycles. The molecule has 1 saturated heterocycles. The summed E-state index contributed by atoms with van der Waals surface area (Å²) < 4.78 is 6.17. The monoisotopic (exact) mass is 464 g/mol. The first-order valence-corrected chi connectivity index (χ1v) is 13.3. The molecule has 4 aliphatic carbocycles. The minimum atomic E-state index is 0.172. The van der Waals surface area contributed by atoms with E-state index in [1.807, 2.05) is 18.2 Å². The number of benzene rings is 1. The Morgan fingerprint density at radius 3 is 2.36 bits per heavy atom. The van der Waals surface area contributed by atoms with E-state index < -0.39 is 0 Å². The molecule has 5 fully saturated rings. The zero-order chi connectivity index (χ0) is 22.3. The Hall–Kier alpha value is -2.17. The van der Waals surface area contributed by atoms with Gasteiger partial charge in [0.05, 0.1) is 18.0 Å². The molecular weight excluding hydrogens is 432 g/mol. The SMILES string of the molecule is Oc1ccccc1N1CCN(CC#CCSc2nnc(C34CC5CC(CC(C5)C3)C4)o2)CC1. The molecule has 0 radical (unpaired) electrons. The lowest BCUT2D eigenvalue weighted by Gasteiger charge is -2.55. The number of rotatable bonds is 5. The standard InChI is InChI=1S/C26H32N4O2S/c31-23-6-2-1-5-22(23)30-10-8-29(9-11-30)7-3-4-12-33-25-28-27-24(32-25)26-16-19-13-20(17-26)15-21(14-19)18-26/h1-2,5-6,19-21,31H,7-18H2. The Morgan fingerprint density at radius 1 is 0.970 bits per heavy atom. The van der Waals surface area contributed by atoms with E-state index in [-0.39, 0.29) is 5.41 Å². The van der Waals surface area contributed by atoms with Crippen LogP contribution in [0.5, 0.6) is 5.75 Å². The van der Waals surface area contributed by atoms with E-state index in [0.29, 0.717) is 16.7 Å². The highest BCUT2D eigenvalue weighted by molar-refractivity contribution is 7.99. The van der Waals surface area contributed by atoms with E-state index in [4.69, 9.17) is 4.42 Å². The van der Waals surface area contributed by atoms with Crippen LogP contribution in [0.15, 0.2) is 33.9 Å². The van der Waals surface area contributed by atoms with Crippen molar-refractivity contribution in [2.75, 3.05) is 43.4 Å². The molecule has 1 N–H and O–H groups in total. The highest BCUT2D eigenvalue weighted by atomic mass is 32.2. The number of aromatic hydroxyl groups is 1. The second-order valence-electron chi connectivity index (χ2n) is 10.5. The molecule has 2 heterocycles. The van der Waals surface area contributed by atoms with Crippen LogP contribution in [-0.2, 0) is 5.41 Å². The van der Waals surface area contributed by atoms with E-state index >= 15 is 0 Å². The summed E-state index contributed by atoms with van der Waals surface area (Å²) in [7, 11) is 0. The van der Waals surface area contributed by atoms with Crippen molar-refractivity contribution in [1.82, 2.24) is 15.1 Å². The first-order chi connectivity index (χ1) is 16.2. The third kappa shape index (κ3) is 4.36. The van der Waals surface area contributed by atoms with E-state index in [1.165, 1.54) is 38.5 Å². The average molecular weight is 465 g/mol. The van der Waals surface area contributed by atoms with Gasteiger partial charge in [-0.05, 0) is 68.4 Å². The van der Waals surface area contributed by atoms with Crippen LogP contribution in [0.1, 0.15) is 44.4 Å². The molecule has 2 aromatic rings. The van der Waals surface area contributed by atoms with Gasteiger partial charge in [-0.2, -0.15) is 0 Å². The Bertz CT molecular complexity index is 1010. The summed E-state index contributed by atoms with van der Waals surface area (Å²) in [5, 5.41) is 19.6. The Morgan fingerprint density at radius 2 is 1.67 bits per heavy atom. The van der Waals surface area contributed by atoms with Crippen molar-refractivity contribution in [1.29, 1.82) is 0 Å². The van der Waals surface area contributed by atoms with Gasteiger partial charge in [0.15, 0.2) is 0 Å². The highest BCUT2D eigenvalue weighted by Gasteiger charge is 2.54. The Kier molecular flexibility index (Phi) is 5.75. The molecule has 174 valence electrons. The maximum absolute atomic E-state index is 10.1. The average Bonchev–Trinajstić information content (AvgIpc) is 3.29. The van der Waals surface area contributed by atoms with Crippen LogP contribution < -0.4 is 4.90 Å². The highest BCUT2D eigenvalue weighted by Crippen LogP contribution is 2.60. The number of phenols is 1. The molecule has 4 bridgehead atoms. The lowest BCUT2D eigenvalue weighted by Crippen LogP contribution is -2.48. The molecule has 6 nitrogen and oxygen atoms in total. The molecule has 0 unspecified atom stereocenters. The molecule has 5 aliphatic rings. The van der Waals surface area contributed by atoms with E-state index in [1.54, 1.807) is 17.8 Å². The first-order valence-electron chi connectivity index (χ1n) is 12.3. The van der Waals surface area contributed by atoms with E-state index in [0.717, 1.165) is 62.1 Å². The van der Waals surface area contributed by atoms with Gasteiger partial charge in [0, 0.05) is 31.6 Å². The van der Waals surface area contributed by atoms with Gasteiger partial charge < -0.3 is 14.4 Å². The number of hydrogen-bond acceptors (Lipinski definition) is 7. The van der Waals surface area contributed by atoms with Crippen molar-refractivity contribution in [3.63, 3.8) is 0 Å².